The molecule has 1 aliphatic heterocycles. The second kappa shape index (κ2) is 6.94. The molecule has 1 aliphatic rings. The quantitative estimate of drug-likeness (QED) is 0.263. The number of piperazine rings is 1. The molecule has 0 amide bonds. The number of carbonyl (C=O) groups excluding carboxylic acids is 1. The molecule has 0 bridgehead atoms. The van der Waals surface area contributed by atoms with Crippen LogP contribution in [0.4, 0.5) is 8.78 Å². The van der Waals surface area contributed by atoms with Crippen molar-refractivity contribution < 1.29 is 18.9 Å². The number of hydrazone groups is 1. The summed E-state index contributed by atoms with van der Waals surface area (Å²) in [5.74, 6) is 3.73. The number of nitrogens with two attached hydrogens (primary N) is 2. The summed E-state index contributed by atoms with van der Waals surface area (Å²) in [5, 5.41) is 5.62. The first kappa shape index (κ1) is 15.1. The normalized spacial score (nSPS) is 17.0. The molecule has 112 valence electrons. The lowest BCUT2D eigenvalue weighted by atomic mass is 10.0. The standard InChI is InChI=1S/C14H16F2N4O/c15-11-5-10(6-12(16)7-11)13(9-21)14(8-19-17)20-3-1-18-2-4-20/h5-9,18H,1-4,17H2/p+1. The number of quaternary nitrogens is 1. The Balaban J connectivity index is 2.51. The van der Waals surface area contributed by atoms with Gasteiger partial charge in [-0.15, -0.1) is 0 Å². The van der Waals surface area contributed by atoms with Gasteiger partial charge in [-0.2, -0.15) is 5.10 Å². The number of carbonyl (C=O) groups is 1. The third-order valence-corrected chi connectivity index (χ3v) is 3.31. The molecule has 0 aromatic heterocycles. The van der Waals surface area contributed by atoms with Gasteiger partial charge in [0.2, 0.25) is 0 Å². The van der Waals surface area contributed by atoms with Gasteiger partial charge in [0.25, 0.3) is 0 Å². The molecular weight excluding hydrogens is 278 g/mol. The number of nitrogens with zero attached hydrogens (tertiary/aromatic N) is 2. The molecule has 0 unspecified atom stereocenters. The Bertz CT molecular complexity index is 560. The van der Waals surface area contributed by atoms with Gasteiger partial charge in [0.1, 0.15) is 11.6 Å². The molecule has 1 fully saturated rings. The Hall–Kier alpha value is -2.28. The molecule has 0 aliphatic carbocycles. The lowest BCUT2D eigenvalue weighted by Gasteiger charge is -2.28. The topological polar surface area (TPSA) is 75.3 Å². The average molecular weight is 295 g/mol. The summed E-state index contributed by atoms with van der Waals surface area (Å²) in [4.78, 5) is 13.4. The zero-order valence-electron chi connectivity index (χ0n) is 11.4. The monoisotopic (exact) mass is 295 g/mol. The van der Waals surface area contributed by atoms with Crippen LogP contribution in [0.15, 0.2) is 29.0 Å². The van der Waals surface area contributed by atoms with Crippen molar-refractivity contribution in [1.82, 2.24) is 4.90 Å². The lowest BCUT2D eigenvalue weighted by Crippen LogP contribution is -2.89. The van der Waals surface area contributed by atoms with Gasteiger partial charge in [0.05, 0.1) is 38.1 Å². The van der Waals surface area contributed by atoms with Gasteiger partial charge in [0, 0.05) is 11.6 Å². The highest BCUT2D eigenvalue weighted by molar-refractivity contribution is 6.13. The minimum Gasteiger partial charge on any atom is -0.358 e. The van der Waals surface area contributed by atoms with E-state index in [9.17, 15) is 13.6 Å². The number of hydrogen-bond donors (Lipinski definition) is 2. The number of benzene rings is 1. The molecule has 1 aromatic carbocycles. The van der Waals surface area contributed by atoms with E-state index in [-0.39, 0.29) is 11.1 Å². The van der Waals surface area contributed by atoms with Crippen LogP contribution in [0.1, 0.15) is 5.56 Å². The summed E-state index contributed by atoms with van der Waals surface area (Å²) in [6, 6.07) is 3.00. The van der Waals surface area contributed by atoms with E-state index < -0.39 is 11.6 Å². The summed E-state index contributed by atoms with van der Waals surface area (Å²) in [5.41, 5.74) is 0.821. The van der Waals surface area contributed by atoms with E-state index in [1.54, 1.807) is 0 Å². The molecular formula is C14H17F2N4O+. The van der Waals surface area contributed by atoms with Crippen LogP contribution in [-0.4, -0.2) is 43.6 Å². The van der Waals surface area contributed by atoms with Gasteiger partial charge < -0.3 is 16.1 Å². The van der Waals surface area contributed by atoms with E-state index in [1.165, 1.54) is 6.21 Å². The van der Waals surface area contributed by atoms with Crippen molar-refractivity contribution in [3.63, 3.8) is 0 Å². The van der Waals surface area contributed by atoms with Crippen LogP contribution in [0.2, 0.25) is 0 Å². The predicted molar refractivity (Wildman–Crippen MR) is 75.3 cm³/mol. The smallest absolute Gasteiger partial charge is 0.152 e. The largest absolute Gasteiger partial charge is 0.358 e. The van der Waals surface area contributed by atoms with Crippen molar-refractivity contribution in [2.24, 2.45) is 10.9 Å². The number of hydrogen-bond acceptors (Lipinski definition) is 4. The zero-order chi connectivity index (χ0) is 15.2. The molecule has 1 saturated heterocycles. The molecule has 0 saturated carbocycles. The van der Waals surface area contributed by atoms with Gasteiger partial charge in [0.15, 0.2) is 6.29 Å². The Morgan fingerprint density at radius 2 is 1.86 bits per heavy atom. The summed E-state index contributed by atoms with van der Waals surface area (Å²) in [6.45, 7) is 3.14. The SMILES string of the molecule is NN=CC(=C(C=O)c1cc(F)cc(F)c1)N1CC[NH2+]CC1. The van der Waals surface area contributed by atoms with Crippen molar-refractivity contribution in [2.45, 2.75) is 0 Å². The second-order valence-electron chi connectivity index (χ2n) is 4.71. The van der Waals surface area contributed by atoms with Crippen molar-refractivity contribution in [3.8, 4) is 0 Å². The highest BCUT2D eigenvalue weighted by atomic mass is 19.1. The van der Waals surface area contributed by atoms with Crippen LogP contribution >= 0.6 is 0 Å². The highest BCUT2D eigenvalue weighted by Gasteiger charge is 2.19. The van der Waals surface area contributed by atoms with E-state index in [1.807, 2.05) is 4.90 Å². The first-order valence-electron chi connectivity index (χ1n) is 6.61. The number of aldehydes is 1. The van der Waals surface area contributed by atoms with E-state index >= 15 is 0 Å². The fraction of sp³-hybridized carbons (Fsp3) is 0.286. The zero-order valence-corrected chi connectivity index (χ0v) is 11.4. The summed E-state index contributed by atoms with van der Waals surface area (Å²) >= 11 is 0. The molecule has 4 N–H and O–H groups in total. The molecule has 1 aromatic rings. The van der Waals surface area contributed by atoms with Crippen molar-refractivity contribution >= 4 is 18.1 Å². The Labute approximate surface area is 121 Å². The molecule has 7 heteroatoms. The molecule has 0 radical (unpaired) electrons. The van der Waals surface area contributed by atoms with Crippen molar-refractivity contribution in [2.75, 3.05) is 26.2 Å². The minimum absolute atomic E-state index is 0.171. The van der Waals surface area contributed by atoms with Crippen LogP contribution < -0.4 is 11.2 Å². The van der Waals surface area contributed by atoms with Crippen molar-refractivity contribution in [3.05, 3.63) is 41.1 Å². The Morgan fingerprint density at radius 1 is 1.24 bits per heavy atom. The van der Waals surface area contributed by atoms with Gasteiger partial charge >= 0.3 is 0 Å². The summed E-state index contributed by atoms with van der Waals surface area (Å²) in [7, 11) is 0. The van der Waals surface area contributed by atoms with Crippen LogP contribution in [0.3, 0.4) is 0 Å². The summed E-state index contributed by atoms with van der Waals surface area (Å²) in [6.07, 6.45) is 1.92. The molecule has 5 nitrogen and oxygen atoms in total. The van der Waals surface area contributed by atoms with Gasteiger partial charge in [-0.3, -0.25) is 4.79 Å². The van der Waals surface area contributed by atoms with E-state index in [0.29, 0.717) is 25.1 Å². The van der Waals surface area contributed by atoms with Crippen LogP contribution in [-0.2, 0) is 4.79 Å². The molecule has 0 spiro atoms. The second-order valence-corrected chi connectivity index (χ2v) is 4.71. The third-order valence-electron chi connectivity index (χ3n) is 3.31. The van der Waals surface area contributed by atoms with Crippen LogP contribution in [0.5, 0.6) is 0 Å². The van der Waals surface area contributed by atoms with E-state index in [4.69, 9.17) is 5.84 Å². The fourth-order valence-electron chi connectivity index (χ4n) is 2.37. The maximum absolute atomic E-state index is 13.4. The predicted octanol–water partition coefficient (Wildman–Crippen LogP) is -0.302. The number of rotatable bonds is 4. The maximum atomic E-state index is 13.4. The van der Waals surface area contributed by atoms with Crippen LogP contribution in [0, 0.1) is 11.6 Å². The van der Waals surface area contributed by atoms with Gasteiger partial charge in [-0.1, -0.05) is 0 Å². The maximum Gasteiger partial charge on any atom is 0.152 e. The lowest BCUT2D eigenvalue weighted by molar-refractivity contribution is -0.662. The van der Waals surface area contributed by atoms with Gasteiger partial charge in [-0.25, -0.2) is 8.78 Å². The molecule has 1 heterocycles. The third kappa shape index (κ3) is 3.63. The van der Waals surface area contributed by atoms with Crippen LogP contribution in [0.25, 0.3) is 5.57 Å². The van der Waals surface area contributed by atoms with E-state index in [2.05, 4.69) is 10.4 Å². The Kier molecular flexibility index (Phi) is 4.99. The highest BCUT2D eigenvalue weighted by Crippen LogP contribution is 2.21. The molecule has 0 atom stereocenters. The first-order chi connectivity index (χ1) is 10.2. The van der Waals surface area contributed by atoms with Crippen molar-refractivity contribution in [1.29, 1.82) is 0 Å². The first-order valence-corrected chi connectivity index (χ1v) is 6.61. The van der Waals surface area contributed by atoms with E-state index in [0.717, 1.165) is 31.3 Å². The summed E-state index contributed by atoms with van der Waals surface area (Å²) < 4.78 is 26.7. The molecule has 21 heavy (non-hydrogen) atoms. The Morgan fingerprint density at radius 3 is 2.38 bits per heavy atom. The number of allylic oxidation sites excluding steroid dienone is 2. The minimum atomic E-state index is -0.736. The fourth-order valence-corrected chi connectivity index (χ4v) is 2.37. The number of halogens is 2. The van der Waals surface area contributed by atoms with Gasteiger partial charge in [-0.05, 0) is 17.7 Å². The average Bonchev–Trinajstić information content (AvgIpc) is 2.47. The molecule has 2 rings (SSSR count).